The van der Waals surface area contributed by atoms with Gasteiger partial charge in [0.15, 0.2) is 5.78 Å². The number of halogens is 3. The van der Waals surface area contributed by atoms with E-state index in [1.165, 1.54) is 0 Å². The molecule has 0 aliphatic rings. The summed E-state index contributed by atoms with van der Waals surface area (Å²) in [6.45, 7) is 7.03. The van der Waals surface area contributed by atoms with Gasteiger partial charge in [-0.05, 0) is 69.7 Å². The summed E-state index contributed by atoms with van der Waals surface area (Å²) >= 11 is 17.6. The first kappa shape index (κ1) is 31.4. The lowest BCUT2D eigenvalue weighted by Crippen LogP contribution is -2.12. The summed E-state index contributed by atoms with van der Waals surface area (Å²) in [4.78, 5) is 45.5. The van der Waals surface area contributed by atoms with E-state index in [1.54, 1.807) is 76.2 Å². The molecule has 2 aromatic rings. The summed E-state index contributed by atoms with van der Waals surface area (Å²) in [5.74, 6) is -0.908. The van der Waals surface area contributed by atoms with Crippen molar-refractivity contribution in [1.29, 1.82) is 0 Å². The second-order valence-electron chi connectivity index (χ2n) is 8.15. The van der Waals surface area contributed by atoms with Crippen LogP contribution in [0.4, 0.5) is 0 Å². The number of aldehydes is 1. The van der Waals surface area contributed by atoms with E-state index < -0.39 is 5.97 Å². The average Bonchev–Trinajstić information content (AvgIpc) is 2.81. The Balaban J connectivity index is 0.000000362. The van der Waals surface area contributed by atoms with Crippen LogP contribution in [-0.4, -0.2) is 36.2 Å². The van der Waals surface area contributed by atoms with Crippen molar-refractivity contribution in [2.45, 2.75) is 59.2 Å². The molecule has 194 valence electrons. The molecule has 36 heavy (non-hydrogen) atoms. The lowest BCUT2D eigenvalue weighted by Gasteiger charge is -2.09. The van der Waals surface area contributed by atoms with Crippen LogP contribution in [0.3, 0.4) is 0 Å². The molecule has 2 rings (SSSR count). The minimum Gasteiger partial charge on any atom is -0.463 e. The van der Waals surface area contributed by atoms with Gasteiger partial charge in [0.2, 0.25) is 0 Å². The third-order valence-electron chi connectivity index (χ3n) is 4.31. The number of hydrogen-bond acceptors (Lipinski definition) is 6. The van der Waals surface area contributed by atoms with Crippen LogP contribution in [-0.2, 0) is 23.9 Å². The number of ether oxygens (including phenoxy) is 2. The van der Waals surface area contributed by atoms with E-state index in [0.29, 0.717) is 27.5 Å². The largest absolute Gasteiger partial charge is 0.463 e. The van der Waals surface area contributed by atoms with E-state index >= 15 is 0 Å². The van der Waals surface area contributed by atoms with Gasteiger partial charge >= 0.3 is 11.9 Å². The lowest BCUT2D eigenvalue weighted by molar-refractivity contribution is -0.148. The Labute approximate surface area is 226 Å². The first-order valence-corrected chi connectivity index (χ1v) is 12.3. The minimum atomic E-state index is -0.482. The van der Waals surface area contributed by atoms with Gasteiger partial charge in [0.25, 0.3) is 0 Å². The summed E-state index contributed by atoms with van der Waals surface area (Å²) in [5, 5.41) is 1.38. The highest BCUT2D eigenvalue weighted by molar-refractivity contribution is 6.50. The number of Topliss-reactive ketones (excluding diaryl/α,β-unsaturated/α-hetero) is 1. The van der Waals surface area contributed by atoms with Gasteiger partial charge in [0, 0.05) is 27.6 Å². The minimum absolute atomic E-state index is 0.0811. The molecule has 0 radical (unpaired) electrons. The van der Waals surface area contributed by atoms with Crippen LogP contribution in [0.25, 0.3) is 5.03 Å². The summed E-state index contributed by atoms with van der Waals surface area (Å²) < 4.78 is 9.92. The van der Waals surface area contributed by atoms with E-state index in [1.807, 2.05) is 0 Å². The molecule has 9 heteroatoms. The van der Waals surface area contributed by atoms with Crippen molar-refractivity contribution in [2.24, 2.45) is 0 Å². The quantitative estimate of drug-likeness (QED) is 0.135. The average molecular weight is 556 g/mol. The molecule has 0 saturated heterocycles. The van der Waals surface area contributed by atoms with Crippen LogP contribution in [0, 0.1) is 0 Å². The standard InChI is InChI=1S/C14H14Cl2O3.C13H15ClO3/c1-9(2)19-13(18)7-11(8-17)14(16)10-3-5-12(15)6-4-10;1-9(2)17-13(16)8-7-12(15)10-3-5-11(14)6-4-10/h3-6,8-9H,7H2,1-2H3;3-6,9H,7-8H2,1-2H3/b14-11+;. The second kappa shape index (κ2) is 16.1. The summed E-state index contributed by atoms with van der Waals surface area (Å²) in [6.07, 6.45) is 0.317. The molecule has 0 aliphatic carbocycles. The fourth-order valence-electron chi connectivity index (χ4n) is 2.73. The Hall–Kier alpha value is -2.67. The zero-order valence-electron chi connectivity index (χ0n) is 20.6. The van der Waals surface area contributed by atoms with Crippen molar-refractivity contribution >= 4 is 63.8 Å². The predicted molar refractivity (Wildman–Crippen MR) is 142 cm³/mol. The first-order valence-electron chi connectivity index (χ1n) is 11.2. The SMILES string of the molecule is CC(C)OC(=O)C/C(C=O)=C(\Cl)c1ccc(Cl)cc1.CC(C)OC(=O)CCC(=O)c1ccc(Cl)cc1. The number of benzene rings is 2. The molecule has 0 N–H and O–H groups in total. The van der Waals surface area contributed by atoms with E-state index in [2.05, 4.69) is 0 Å². The van der Waals surface area contributed by atoms with E-state index in [0.717, 1.165) is 0 Å². The van der Waals surface area contributed by atoms with Crippen LogP contribution in [0.2, 0.25) is 10.0 Å². The van der Waals surface area contributed by atoms with Crippen molar-refractivity contribution in [3.05, 3.63) is 75.3 Å². The molecule has 0 fully saturated rings. The van der Waals surface area contributed by atoms with Crippen LogP contribution in [0.15, 0.2) is 54.1 Å². The molecule has 2 aromatic carbocycles. The second-order valence-corrected chi connectivity index (χ2v) is 9.40. The van der Waals surface area contributed by atoms with Crippen molar-refractivity contribution in [3.63, 3.8) is 0 Å². The lowest BCUT2D eigenvalue weighted by atomic mass is 10.1. The number of hydrogen-bond donors (Lipinski definition) is 0. The molecule has 0 unspecified atom stereocenters. The number of carbonyl (C=O) groups excluding carboxylic acids is 4. The van der Waals surface area contributed by atoms with Gasteiger partial charge in [-0.15, -0.1) is 0 Å². The van der Waals surface area contributed by atoms with E-state index in [9.17, 15) is 19.2 Å². The predicted octanol–water partition coefficient (Wildman–Crippen LogP) is 7.09. The Morgan fingerprint density at radius 3 is 1.64 bits per heavy atom. The molecule has 6 nitrogen and oxygen atoms in total. The maximum Gasteiger partial charge on any atom is 0.310 e. The normalized spacial score (nSPS) is 11.2. The van der Waals surface area contributed by atoms with Gasteiger partial charge in [-0.25, -0.2) is 0 Å². The molecular formula is C27H29Cl3O6. The van der Waals surface area contributed by atoms with Gasteiger partial charge < -0.3 is 9.47 Å². The smallest absolute Gasteiger partial charge is 0.310 e. The zero-order valence-corrected chi connectivity index (χ0v) is 22.8. The third-order valence-corrected chi connectivity index (χ3v) is 5.28. The van der Waals surface area contributed by atoms with Gasteiger partial charge in [0.05, 0.1) is 30.1 Å². The molecular weight excluding hydrogens is 527 g/mol. The summed E-state index contributed by atoms with van der Waals surface area (Å²) in [5.41, 5.74) is 1.38. The number of carbonyl (C=O) groups is 4. The molecule has 0 aromatic heterocycles. The third kappa shape index (κ3) is 12.3. The highest BCUT2D eigenvalue weighted by Crippen LogP contribution is 2.25. The van der Waals surface area contributed by atoms with E-state index in [4.69, 9.17) is 44.3 Å². The molecule has 0 heterocycles. The van der Waals surface area contributed by atoms with Gasteiger partial charge in [-0.3, -0.25) is 19.2 Å². The molecule has 0 amide bonds. The van der Waals surface area contributed by atoms with E-state index in [-0.39, 0.29) is 53.8 Å². The topological polar surface area (TPSA) is 86.7 Å². The van der Waals surface area contributed by atoms with Gasteiger partial charge in [0.1, 0.15) is 6.29 Å². The maximum absolute atomic E-state index is 11.7. The molecule has 0 spiro atoms. The Morgan fingerprint density at radius 2 is 1.19 bits per heavy atom. The number of rotatable bonds is 10. The Kier molecular flexibility index (Phi) is 14.1. The van der Waals surface area contributed by atoms with Crippen molar-refractivity contribution < 1.29 is 28.7 Å². The fourth-order valence-corrected chi connectivity index (χ4v) is 3.22. The zero-order chi connectivity index (χ0) is 27.3. The number of ketones is 1. The Bertz CT molecular complexity index is 1060. The monoisotopic (exact) mass is 554 g/mol. The van der Waals surface area contributed by atoms with Crippen molar-refractivity contribution in [3.8, 4) is 0 Å². The molecule has 0 saturated carbocycles. The summed E-state index contributed by atoms with van der Waals surface area (Å²) in [6, 6.07) is 13.3. The maximum atomic E-state index is 11.7. The highest BCUT2D eigenvalue weighted by Gasteiger charge is 2.14. The van der Waals surface area contributed by atoms with Crippen LogP contribution < -0.4 is 0 Å². The van der Waals surface area contributed by atoms with Crippen molar-refractivity contribution in [2.75, 3.05) is 0 Å². The summed E-state index contributed by atoms with van der Waals surface area (Å²) in [7, 11) is 0. The number of esters is 2. The van der Waals surface area contributed by atoms with Crippen LogP contribution >= 0.6 is 34.8 Å². The molecule has 0 bridgehead atoms. The molecule has 0 atom stereocenters. The molecule has 0 aliphatic heterocycles. The van der Waals surface area contributed by atoms with Crippen molar-refractivity contribution in [1.82, 2.24) is 0 Å². The first-order chi connectivity index (χ1) is 16.9. The van der Waals surface area contributed by atoms with Gasteiger partial charge in [-0.1, -0.05) is 46.9 Å². The highest BCUT2D eigenvalue weighted by atomic mass is 35.5. The van der Waals surface area contributed by atoms with Crippen LogP contribution in [0.5, 0.6) is 0 Å². The van der Waals surface area contributed by atoms with Crippen LogP contribution in [0.1, 0.15) is 62.9 Å². The Morgan fingerprint density at radius 1 is 0.750 bits per heavy atom. The fraction of sp³-hybridized carbons (Fsp3) is 0.333. The van der Waals surface area contributed by atoms with Gasteiger partial charge in [-0.2, -0.15) is 0 Å².